The maximum absolute atomic E-state index is 2.40. The van der Waals surface area contributed by atoms with E-state index >= 15 is 0 Å². The summed E-state index contributed by atoms with van der Waals surface area (Å²) in [6.07, 6.45) is 15.0. The van der Waals surface area contributed by atoms with Gasteiger partial charge in [0, 0.05) is 0 Å². The predicted molar refractivity (Wildman–Crippen MR) is 50.6 cm³/mol. The normalized spacial score (nSPS) is 25.7. The van der Waals surface area contributed by atoms with E-state index < -0.39 is 0 Å². The van der Waals surface area contributed by atoms with Gasteiger partial charge < -0.3 is 0 Å². The Morgan fingerprint density at radius 2 is 2.00 bits per heavy atom. The molecule has 0 saturated carbocycles. The Morgan fingerprint density at radius 1 is 1.18 bits per heavy atom. The van der Waals surface area contributed by atoms with Gasteiger partial charge in [-0.2, -0.15) is 0 Å². The molecule has 1 aliphatic rings. The summed E-state index contributed by atoms with van der Waals surface area (Å²) in [6.45, 7) is 2.10. The average molecular weight is 150 g/mol. The van der Waals surface area contributed by atoms with Gasteiger partial charge in [0.25, 0.3) is 0 Å². The van der Waals surface area contributed by atoms with Crippen molar-refractivity contribution in [2.24, 2.45) is 0 Å². The van der Waals surface area contributed by atoms with E-state index in [0.29, 0.717) is 0 Å². The molecule has 0 radical (unpaired) electrons. The van der Waals surface area contributed by atoms with Crippen LogP contribution in [0.2, 0.25) is 0 Å². The van der Waals surface area contributed by atoms with E-state index in [1.807, 2.05) is 0 Å². The molecule has 0 spiro atoms. The van der Waals surface area contributed by atoms with Gasteiger partial charge in [0.05, 0.1) is 0 Å². The van der Waals surface area contributed by atoms with Crippen LogP contribution in [0.15, 0.2) is 23.8 Å². The highest BCUT2D eigenvalue weighted by molar-refractivity contribution is 5.18. The highest BCUT2D eigenvalue weighted by atomic mass is 14.0. The Bertz CT molecular complexity index is 151. The highest BCUT2D eigenvalue weighted by Gasteiger charge is 1.97. The summed E-state index contributed by atoms with van der Waals surface area (Å²) in [5.41, 5.74) is 1.55. The summed E-state index contributed by atoms with van der Waals surface area (Å²) in [4.78, 5) is 0. The van der Waals surface area contributed by atoms with Crippen molar-refractivity contribution >= 4 is 0 Å². The largest absolute Gasteiger partial charge is 0.0874 e. The second kappa shape index (κ2) is 5.17. The first-order valence-corrected chi connectivity index (χ1v) is 4.75. The first-order valence-electron chi connectivity index (χ1n) is 4.75. The number of hydrogen-bond donors (Lipinski definition) is 0. The van der Waals surface area contributed by atoms with Gasteiger partial charge in [-0.3, -0.25) is 0 Å². The van der Waals surface area contributed by atoms with Crippen LogP contribution in [-0.4, -0.2) is 0 Å². The molecule has 0 aromatic carbocycles. The second-order valence-corrected chi connectivity index (χ2v) is 3.23. The average Bonchev–Trinajstić information content (AvgIpc) is 1.94. The van der Waals surface area contributed by atoms with Crippen molar-refractivity contribution in [3.05, 3.63) is 23.8 Å². The second-order valence-electron chi connectivity index (χ2n) is 3.23. The van der Waals surface area contributed by atoms with Gasteiger partial charge >= 0.3 is 0 Å². The van der Waals surface area contributed by atoms with Crippen molar-refractivity contribution in [1.29, 1.82) is 0 Å². The number of allylic oxidation sites excluding steroid dienone is 4. The molecule has 62 valence electrons. The van der Waals surface area contributed by atoms with Crippen LogP contribution < -0.4 is 0 Å². The molecule has 0 bridgehead atoms. The van der Waals surface area contributed by atoms with Gasteiger partial charge in [-0.05, 0) is 32.6 Å². The van der Waals surface area contributed by atoms with Crippen LogP contribution in [0.4, 0.5) is 0 Å². The molecule has 0 N–H and O–H groups in total. The van der Waals surface area contributed by atoms with Crippen molar-refractivity contribution in [3.8, 4) is 0 Å². The van der Waals surface area contributed by atoms with E-state index in [1.54, 1.807) is 5.57 Å². The minimum absolute atomic E-state index is 1.29. The first kappa shape index (κ1) is 8.58. The van der Waals surface area contributed by atoms with Gasteiger partial charge in [0.15, 0.2) is 0 Å². The summed E-state index contributed by atoms with van der Waals surface area (Å²) in [5, 5.41) is 0. The van der Waals surface area contributed by atoms with E-state index in [4.69, 9.17) is 0 Å². The lowest BCUT2D eigenvalue weighted by Gasteiger charge is -2.06. The van der Waals surface area contributed by atoms with Crippen LogP contribution >= 0.6 is 0 Å². The molecule has 0 aromatic rings. The number of hydrogen-bond acceptors (Lipinski definition) is 0. The molecule has 11 heavy (non-hydrogen) atoms. The van der Waals surface area contributed by atoms with Crippen LogP contribution in [0, 0.1) is 0 Å². The third-order valence-electron chi connectivity index (χ3n) is 2.21. The Labute approximate surface area is 70.0 Å². The molecule has 0 atom stereocenters. The van der Waals surface area contributed by atoms with Crippen molar-refractivity contribution in [2.45, 2.75) is 45.4 Å². The molecule has 1 rings (SSSR count). The van der Waals surface area contributed by atoms with Crippen molar-refractivity contribution in [3.63, 3.8) is 0 Å². The molecule has 0 fully saturated rings. The molecular weight excluding hydrogens is 132 g/mol. The van der Waals surface area contributed by atoms with Gasteiger partial charge in [-0.15, -0.1) is 0 Å². The summed E-state index contributed by atoms with van der Waals surface area (Å²) in [6, 6.07) is 0. The Balaban J connectivity index is 2.45. The smallest absolute Gasteiger partial charge is 0.0282 e. The Kier molecular flexibility index (Phi) is 4.03. The molecule has 0 aliphatic heterocycles. The highest BCUT2D eigenvalue weighted by Crippen LogP contribution is 2.17. The first-order chi connectivity index (χ1) is 5.43. The van der Waals surface area contributed by atoms with Crippen LogP contribution in [-0.2, 0) is 0 Å². The predicted octanol–water partition coefficient (Wildman–Crippen LogP) is 3.84. The minimum atomic E-state index is 1.29. The van der Waals surface area contributed by atoms with E-state index in [-0.39, 0.29) is 0 Å². The quantitative estimate of drug-likeness (QED) is 0.532. The molecule has 0 heterocycles. The summed E-state index contributed by atoms with van der Waals surface area (Å²) < 4.78 is 0. The molecule has 0 unspecified atom stereocenters. The van der Waals surface area contributed by atoms with Gasteiger partial charge in [-0.1, -0.05) is 36.6 Å². The molecule has 0 saturated heterocycles. The molecule has 1 aliphatic carbocycles. The Hall–Kier alpha value is -0.520. The number of rotatable bonds is 1. The molecule has 0 heteroatoms. The monoisotopic (exact) mass is 150 g/mol. The fraction of sp³-hybridized carbons (Fsp3) is 0.636. The zero-order valence-electron chi connectivity index (χ0n) is 7.47. The fourth-order valence-electron chi connectivity index (χ4n) is 1.58. The van der Waals surface area contributed by atoms with Crippen molar-refractivity contribution in [2.75, 3.05) is 0 Å². The SMILES string of the molecule is C/C=C\C1=C\CCCCCC1. The zero-order valence-corrected chi connectivity index (χ0v) is 7.47. The summed E-state index contributed by atoms with van der Waals surface area (Å²) >= 11 is 0. The van der Waals surface area contributed by atoms with Gasteiger partial charge in [0.2, 0.25) is 0 Å². The Morgan fingerprint density at radius 3 is 2.82 bits per heavy atom. The zero-order chi connectivity index (χ0) is 7.94. The van der Waals surface area contributed by atoms with Crippen molar-refractivity contribution < 1.29 is 0 Å². The lowest BCUT2D eigenvalue weighted by molar-refractivity contribution is 0.630. The van der Waals surface area contributed by atoms with Gasteiger partial charge in [-0.25, -0.2) is 0 Å². The molecular formula is C11H18. The van der Waals surface area contributed by atoms with E-state index in [1.165, 1.54) is 38.5 Å². The molecule has 0 amide bonds. The standard InChI is InChI=1S/C11H18/c1-2-8-11-9-6-4-3-5-7-10-11/h2,8-9H,3-7,10H2,1H3/b8-2-,11-9-. The topological polar surface area (TPSA) is 0 Å². The van der Waals surface area contributed by atoms with E-state index in [9.17, 15) is 0 Å². The fourth-order valence-corrected chi connectivity index (χ4v) is 1.58. The van der Waals surface area contributed by atoms with Crippen molar-refractivity contribution in [1.82, 2.24) is 0 Å². The van der Waals surface area contributed by atoms with Crippen LogP contribution in [0.3, 0.4) is 0 Å². The third kappa shape index (κ3) is 3.41. The third-order valence-corrected chi connectivity index (χ3v) is 2.21. The maximum Gasteiger partial charge on any atom is -0.0282 e. The van der Waals surface area contributed by atoms with Gasteiger partial charge in [0.1, 0.15) is 0 Å². The van der Waals surface area contributed by atoms with E-state index in [0.717, 1.165) is 0 Å². The van der Waals surface area contributed by atoms with Crippen LogP contribution in [0.25, 0.3) is 0 Å². The van der Waals surface area contributed by atoms with E-state index in [2.05, 4.69) is 25.2 Å². The maximum atomic E-state index is 2.40. The van der Waals surface area contributed by atoms with Crippen LogP contribution in [0.5, 0.6) is 0 Å². The summed E-state index contributed by atoms with van der Waals surface area (Å²) in [7, 11) is 0. The molecule has 0 nitrogen and oxygen atoms in total. The summed E-state index contributed by atoms with van der Waals surface area (Å²) in [5.74, 6) is 0. The molecule has 0 aromatic heterocycles. The lowest BCUT2D eigenvalue weighted by Crippen LogP contribution is -1.87. The van der Waals surface area contributed by atoms with Crippen LogP contribution in [0.1, 0.15) is 45.4 Å². The lowest BCUT2D eigenvalue weighted by atomic mass is 10.00. The minimum Gasteiger partial charge on any atom is -0.0874 e.